The molecule has 0 aromatic heterocycles. The number of piperidine rings is 1. The largest absolute Gasteiger partial charge is 0.384 e. The van der Waals surface area contributed by atoms with Gasteiger partial charge in [-0.2, -0.15) is 0 Å². The summed E-state index contributed by atoms with van der Waals surface area (Å²) in [7, 11) is 0. The van der Waals surface area contributed by atoms with Gasteiger partial charge in [0.15, 0.2) is 0 Å². The second-order valence-electron chi connectivity index (χ2n) is 10.3. The molecule has 2 aliphatic rings. The van der Waals surface area contributed by atoms with Gasteiger partial charge in [0.25, 0.3) is 0 Å². The molecule has 182 valence electrons. The smallest absolute Gasteiger partial charge is 0.234 e. The average molecular weight is 461 g/mol. The number of likely N-dealkylation sites (tertiary alicyclic amines) is 1. The number of rotatable bonds is 8. The number of hydrogen-bond acceptors (Lipinski definition) is 3. The van der Waals surface area contributed by atoms with Gasteiger partial charge in [-0.15, -0.1) is 0 Å². The minimum absolute atomic E-state index is 0.0373. The number of nitrogen functional groups attached to an aromatic ring is 1. The van der Waals surface area contributed by atoms with Crippen LogP contribution in [-0.2, 0) is 11.2 Å². The van der Waals surface area contributed by atoms with Crippen molar-refractivity contribution in [2.75, 3.05) is 18.0 Å². The number of carbonyl (C=O) groups excluding carboxylic acids is 1. The molecule has 0 radical (unpaired) electrons. The van der Waals surface area contributed by atoms with E-state index in [-0.39, 0.29) is 17.7 Å². The van der Waals surface area contributed by atoms with E-state index < -0.39 is 0 Å². The summed E-state index contributed by atoms with van der Waals surface area (Å²) in [6.07, 6.45) is 8.00. The Morgan fingerprint density at radius 3 is 2.50 bits per heavy atom. The average Bonchev–Trinajstić information content (AvgIpc) is 2.81. The van der Waals surface area contributed by atoms with E-state index >= 15 is 0 Å². The van der Waals surface area contributed by atoms with Crippen molar-refractivity contribution in [3.8, 4) is 0 Å². The Morgan fingerprint density at radius 1 is 1.03 bits per heavy atom. The zero-order valence-electron chi connectivity index (χ0n) is 21.0. The van der Waals surface area contributed by atoms with Crippen LogP contribution >= 0.6 is 0 Å². The zero-order chi connectivity index (χ0) is 24.2. The number of carbonyl (C=O) groups is 1. The number of aryl methyl sites for hydroxylation is 1. The molecule has 0 bridgehead atoms. The second kappa shape index (κ2) is 10.7. The topological polar surface area (TPSA) is 73.4 Å². The van der Waals surface area contributed by atoms with Crippen LogP contribution in [0.3, 0.4) is 0 Å². The quantitative estimate of drug-likeness (QED) is 0.315. The van der Waals surface area contributed by atoms with E-state index in [1.54, 1.807) is 0 Å². The maximum atomic E-state index is 13.7. The summed E-state index contributed by atoms with van der Waals surface area (Å²) < 4.78 is 0. The first kappa shape index (κ1) is 24.5. The molecule has 3 atom stereocenters. The lowest BCUT2D eigenvalue weighted by atomic mass is 9.85. The third kappa shape index (κ3) is 5.35. The van der Waals surface area contributed by atoms with Gasteiger partial charge in [0, 0.05) is 29.9 Å². The van der Waals surface area contributed by atoms with Gasteiger partial charge in [-0.05, 0) is 88.2 Å². The number of anilines is 1. The predicted molar refractivity (Wildman–Crippen MR) is 141 cm³/mol. The molecule has 0 aliphatic carbocycles. The molecule has 2 heterocycles. The van der Waals surface area contributed by atoms with Crippen LogP contribution in [0.25, 0.3) is 0 Å². The van der Waals surface area contributed by atoms with Crippen LogP contribution < -0.4 is 10.6 Å². The summed E-state index contributed by atoms with van der Waals surface area (Å²) in [5.41, 5.74) is 10.8. The van der Waals surface area contributed by atoms with Crippen LogP contribution in [0.4, 0.5) is 5.69 Å². The van der Waals surface area contributed by atoms with Crippen LogP contribution in [0.15, 0.2) is 42.5 Å². The van der Waals surface area contributed by atoms with Crippen molar-refractivity contribution >= 4 is 17.4 Å². The van der Waals surface area contributed by atoms with Crippen LogP contribution in [0.5, 0.6) is 0 Å². The lowest BCUT2D eigenvalue weighted by Crippen LogP contribution is -2.44. The number of unbranched alkanes of at least 4 members (excludes halogenated alkanes) is 2. The normalized spacial score (nSPS) is 23.1. The number of fused-ring (bicyclic) bond motifs is 1. The summed E-state index contributed by atoms with van der Waals surface area (Å²) in [5.74, 6) is -0.0306. The van der Waals surface area contributed by atoms with E-state index in [4.69, 9.17) is 11.1 Å². The molecule has 2 aromatic carbocycles. The first-order chi connectivity index (χ1) is 16.3. The van der Waals surface area contributed by atoms with Gasteiger partial charge in [0.2, 0.25) is 5.91 Å². The molecule has 0 spiro atoms. The van der Waals surface area contributed by atoms with Gasteiger partial charge in [-0.1, -0.05) is 43.2 Å². The maximum Gasteiger partial charge on any atom is 0.234 e. The Bertz CT molecular complexity index is 1020. The van der Waals surface area contributed by atoms with E-state index in [1.807, 2.05) is 29.2 Å². The van der Waals surface area contributed by atoms with Crippen molar-refractivity contribution in [3.05, 3.63) is 64.7 Å². The molecule has 0 saturated carbocycles. The number of nitrogens with zero attached hydrogens (tertiary/aromatic N) is 2. The Kier molecular flexibility index (Phi) is 7.72. The molecular formula is C29H40N4O. The van der Waals surface area contributed by atoms with Crippen molar-refractivity contribution in [1.29, 1.82) is 5.41 Å². The summed E-state index contributed by atoms with van der Waals surface area (Å²) in [4.78, 5) is 18.4. The van der Waals surface area contributed by atoms with Gasteiger partial charge in [0.05, 0.1) is 5.92 Å². The summed E-state index contributed by atoms with van der Waals surface area (Å²) in [5, 5.41) is 7.79. The molecule has 2 aromatic rings. The number of benzene rings is 2. The number of hydrogen-bond donors (Lipinski definition) is 2. The maximum absolute atomic E-state index is 13.7. The summed E-state index contributed by atoms with van der Waals surface area (Å²) in [6.45, 7) is 8.73. The highest BCUT2D eigenvalue weighted by atomic mass is 16.2. The molecule has 5 heteroatoms. The molecule has 34 heavy (non-hydrogen) atoms. The minimum Gasteiger partial charge on any atom is -0.384 e. The van der Waals surface area contributed by atoms with Crippen LogP contribution in [0, 0.1) is 12.3 Å². The van der Waals surface area contributed by atoms with Crippen molar-refractivity contribution in [3.63, 3.8) is 0 Å². The van der Waals surface area contributed by atoms with Gasteiger partial charge in [-0.25, -0.2) is 0 Å². The van der Waals surface area contributed by atoms with Crippen molar-refractivity contribution < 1.29 is 4.79 Å². The van der Waals surface area contributed by atoms with E-state index in [9.17, 15) is 4.79 Å². The van der Waals surface area contributed by atoms with Crippen molar-refractivity contribution in [1.82, 2.24) is 4.90 Å². The number of nitrogens with two attached hydrogens (primary N) is 1. The van der Waals surface area contributed by atoms with Crippen LogP contribution in [0.2, 0.25) is 0 Å². The Morgan fingerprint density at radius 2 is 1.76 bits per heavy atom. The highest BCUT2D eigenvalue weighted by Crippen LogP contribution is 2.36. The lowest BCUT2D eigenvalue weighted by Gasteiger charge is -2.39. The van der Waals surface area contributed by atoms with E-state index in [0.717, 1.165) is 37.2 Å². The fourth-order valence-corrected chi connectivity index (χ4v) is 5.78. The van der Waals surface area contributed by atoms with E-state index in [2.05, 4.69) is 43.9 Å². The van der Waals surface area contributed by atoms with Gasteiger partial charge in [-0.3, -0.25) is 15.1 Å². The molecule has 1 saturated heterocycles. The summed E-state index contributed by atoms with van der Waals surface area (Å²) in [6, 6.07) is 15.5. The number of nitrogens with one attached hydrogen (secondary N) is 1. The van der Waals surface area contributed by atoms with Crippen LogP contribution in [0.1, 0.15) is 80.5 Å². The Balaban J connectivity index is 1.45. The highest BCUT2D eigenvalue weighted by molar-refractivity contribution is 6.02. The Labute approximate surface area is 204 Å². The molecule has 4 rings (SSSR count). The van der Waals surface area contributed by atoms with Crippen LogP contribution in [-0.4, -0.2) is 41.8 Å². The number of amides is 1. The van der Waals surface area contributed by atoms with Gasteiger partial charge >= 0.3 is 0 Å². The molecule has 3 N–H and O–H groups in total. The van der Waals surface area contributed by atoms with Gasteiger partial charge in [0.1, 0.15) is 5.84 Å². The third-order valence-electron chi connectivity index (χ3n) is 7.79. The molecule has 1 unspecified atom stereocenters. The van der Waals surface area contributed by atoms with E-state index in [0.29, 0.717) is 24.1 Å². The SMILES string of the molecule is Cc1ccc2c(c1)N(CCCCCN1[C@H](C)CCC[C@@H]1C)C(=O)C(c1cccc(C(=N)N)c1)C2. The zero-order valence-corrected chi connectivity index (χ0v) is 21.0. The Hall–Kier alpha value is -2.66. The van der Waals surface area contributed by atoms with Crippen molar-refractivity contribution in [2.45, 2.75) is 83.7 Å². The monoisotopic (exact) mass is 460 g/mol. The third-order valence-corrected chi connectivity index (χ3v) is 7.79. The standard InChI is InChI=1S/C29H40N4O/c1-20-13-14-24-19-26(23-11-8-12-25(18-23)28(30)31)29(34)33(27(24)17-20)16-6-4-5-15-32-21(2)9-7-10-22(32)3/h8,11-14,17-18,21-22,26H,4-7,9-10,15-16,19H2,1-3H3,(H3,30,31)/t21-,22+,26?. The molecule has 5 nitrogen and oxygen atoms in total. The number of amidine groups is 1. The molecule has 1 amide bonds. The second-order valence-corrected chi connectivity index (χ2v) is 10.3. The molecular weight excluding hydrogens is 420 g/mol. The molecule has 2 aliphatic heterocycles. The van der Waals surface area contributed by atoms with Gasteiger partial charge < -0.3 is 10.6 Å². The minimum atomic E-state index is -0.232. The lowest BCUT2D eigenvalue weighted by molar-refractivity contribution is -0.120. The van der Waals surface area contributed by atoms with E-state index in [1.165, 1.54) is 36.8 Å². The highest BCUT2D eigenvalue weighted by Gasteiger charge is 2.34. The first-order valence-electron chi connectivity index (χ1n) is 13.0. The molecule has 1 fully saturated rings. The fraction of sp³-hybridized carbons (Fsp3) is 0.517. The van der Waals surface area contributed by atoms with Crippen molar-refractivity contribution in [2.24, 2.45) is 5.73 Å². The summed E-state index contributed by atoms with van der Waals surface area (Å²) >= 11 is 0. The first-order valence-corrected chi connectivity index (χ1v) is 13.0. The predicted octanol–water partition coefficient (Wildman–Crippen LogP) is 5.39. The fourth-order valence-electron chi connectivity index (χ4n) is 5.78.